The minimum atomic E-state index is -4.09. The lowest BCUT2D eigenvalue weighted by Gasteiger charge is -2.20. The van der Waals surface area contributed by atoms with E-state index in [1.54, 1.807) is 6.07 Å². The van der Waals surface area contributed by atoms with Crippen LogP contribution in [0.25, 0.3) is 10.9 Å². The Morgan fingerprint density at radius 2 is 1.88 bits per heavy atom. The van der Waals surface area contributed by atoms with Crippen LogP contribution in [-0.4, -0.2) is 37.7 Å². The number of halogens is 2. The molecule has 1 aromatic carbocycles. The summed E-state index contributed by atoms with van der Waals surface area (Å²) in [6.07, 6.45) is 0. The summed E-state index contributed by atoms with van der Waals surface area (Å²) in [4.78, 5) is 27.9. The summed E-state index contributed by atoms with van der Waals surface area (Å²) < 4.78 is 43.5. The molecule has 1 heterocycles. The first kappa shape index (κ1) is 17.6. The molecule has 0 saturated carbocycles. The van der Waals surface area contributed by atoms with Crippen molar-refractivity contribution in [2.45, 2.75) is 12.8 Å². The second-order valence-electron chi connectivity index (χ2n) is 4.67. The van der Waals surface area contributed by atoms with E-state index >= 15 is 0 Å². The van der Waals surface area contributed by atoms with Crippen molar-refractivity contribution in [1.82, 2.24) is 4.98 Å². The van der Waals surface area contributed by atoms with Gasteiger partial charge in [0.25, 0.3) is 0 Å². The van der Waals surface area contributed by atoms with Gasteiger partial charge in [0.05, 0.1) is 31.9 Å². The van der Waals surface area contributed by atoms with Gasteiger partial charge in [-0.05, 0) is 13.0 Å². The molecule has 0 aliphatic carbocycles. The molecule has 6 nitrogen and oxygen atoms in total. The van der Waals surface area contributed by atoms with Crippen LogP contribution >= 0.6 is 0 Å². The first-order valence-corrected chi connectivity index (χ1v) is 6.99. The van der Waals surface area contributed by atoms with E-state index in [0.717, 1.165) is 7.11 Å². The molecule has 0 aliphatic heterocycles. The molecule has 0 amide bonds. The maximum absolute atomic E-state index is 14.8. The zero-order valence-corrected chi connectivity index (χ0v) is 13.3. The van der Waals surface area contributed by atoms with Gasteiger partial charge in [0, 0.05) is 5.39 Å². The van der Waals surface area contributed by atoms with Gasteiger partial charge in [0.15, 0.2) is 0 Å². The molecule has 0 N–H and O–H groups in total. The van der Waals surface area contributed by atoms with Crippen LogP contribution < -0.4 is 4.74 Å². The highest BCUT2D eigenvalue weighted by molar-refractivity contribution is 6.03. The third-order valence-corrected chi connectivity index (χ3v) is 3.29. The van der Waals surface area contributed by atoms with Crippen molar-refractivity contribution < 1.29 is 32.6 Å². The first-order valence-electron chi connectivity index (χ1n) is 6.99. The van der Waals surface area contributed by atoms with Gasteiger partial charge in [0.2, 0.25) is 5.88 Å². The maximum Gasteiger partial charge on any atom is 0.382 e. The van der Waals surface area contributed by atoms with Crippen LogP contribution in [0.4, 0.5) is 8.78 Å². The third kappa shape index (κ3) is 2.86. The second kappa shape index (κ2) is 6.77. The Hall–Kier alpha value is -2.77. The van der Waals surface area contributed by atoms with E-state index in [2.05, 4.69) is 14.5 Å². The van der Waals surface area contributed by atoms with Crippen molar-refractivity contribution in [3.8, 4) is 5.88 Å². The van der Waals surface area contributed by atoms with Gasteiger partial charge in [0.1, 0.15) is 5.56 Å². The first-order chi connectivity index (χ1) is 11.4. The number of carbonyl (C=O) groups excluding carboxylic acids is 2. The quantitative estimate of drug-likeness (QED) is 0.780. The fourth-order valence-electron chi connectivity index (χ4n) is 2.28. The monoisotopic (exact) mass is 339 g/mol. The molecular formula is C16H15F2NO5. The SMILES string of the molecule is CCOC(=O)C(F)(F)c1c(C(=O)OC)c(OC)nc2ccccc12. The lowest BCUT2D eigenvalue weighted by Crippen LogP contribution is -2.31. The number of hydrogen-bond donors (Lipinski definition) is 0. The zero-order valence-electron chi connectivity index (χ0n) is 13.3. The van der Waals surface area contributed by atoms with Crippen LogP contribution in [0.15, 0.2) is 24.3 Å². The van der Waals surface area contributed by atoms with Crippen molar-refractivity contribution in [3.63, 3.8) is 0 Å². The van der Waals surface area contributed by atoms with Gasteiger partial charge in [-0.15, -0.1) is 0 Å². The Morgan fingerprint density at radius 3 is 2.46 bits per heavy atom. The molecule has 0 bridgehead atoms. The molecule has 0 atom stereocenters. The second-order valence-corrected chi connectivity index (χ2v) is 4.67. The molecule has 0 saturated heterocycles. The highest BCUT2D eigenvalue weighted by Gasteiger charge is 2.48. The van der Waals surface area contributed by atoms with Gasteiger partial charge >= 0.3 is 17.9 Å². The Bertz CT molecular complexity index is 791. The van der Waals surface area contributed by atoms with Crippen LogP contribution in [0, 0.1) is 0 Å². The number of nitrogens with zero attached hydrogens (tertiary/aromatic N) is 1. The normalized spacial score (nSPS) is 11.2. The number of hydrogen-bond acceptors (Lipinski definition) is 6. The molecule has 1 aromatic heterocycles. The van der Waals surface area contributed by atoms with E-state index in [9.17, 15) is 18.4 Å². The lowest BCUT2D eigenvalue weighted by atomic mass is 9.97. The number of benzene rings is 1. The number of carbonyl (C=O) groups is 2. The number of aromatic nitrogens is 1. The number of fused-ring (bicyclic) bond motifs is 1. The van der Waals surface area contributed by atoms with Crippen LogP contribution in [0.3, 0.4) is 0 Å². The predicted octanol–water partition coefficient (Wildman–Crippen LogP) is 2.68. The highest BCUT2D eigenvalue weighted by Crippen LogP contribution is 2.40. The molecule has 0 fully saturated rings. The molecule has 8 heteroatoms. The van der Waals surface area contributed by atoms with E-state index in [1.165, 1.54) is 32.2 Å². The summed E-state index contributed by atoms with van der Waals surface area (Å²) in [6, 6.07) is 5.86. The Balaban J connectivity index is 2.91. The van der Waals surface area contributed by atoms with E-state index in [1.807, 2.05) is 0 Å². The van der Waals surface area contributed by atoms with Gasteiger partial charge in [-0.2, -0.15) is 8.78 Å². The summed E-state index contributed by atoms with van der Waals surface area (Å²) in [7, 11) is 2.21. The van der Waals surface area contributed by atoms with Gasteiger partial charge in [-0.1, -0.05) is 18.2 Å². The van der Waals surface area contributed by atoms with E-state index in [0.29, 0.717) is 0 Å². The summed E-state index contributed by atoms with van der Waals surface area (Å²) in [5.74, 6) is -7.31. The van der Waals surface area contributed by atoms with Crippen molar-refractivity contribution in [2.75, 3.05) is 20.8 Å². The van der Waals surface area contributed by atoms with Crippen molar-refractivity contribution in [3.05, 3.63) is 35.4 Å². The van der Waals surface area contributed by atoms with Crippen LogP contribution in [-0.2, 0) is 20.2 Å². The number of pyridine rings is 1. The number of alkyl halides is 2. The van der Waals surface area contributed by atoms with Crippen molar-refractivity contribution >= 4 is 22.8 Å². The van der Waals surface area contributed by atoms with E-state index in [4.69, 9.17) is 4.74 Å². The fraction of sp³-hybridized carbons (Fsp3) is 0.312. The standard InChI is InChI=1S/C16H15F2NO5/c1-4-24-15(21)16(17,18)12-9-7-5-6-8-10(9)19-13(22-2)11(12)14(20)23-3/h5-8H,4H2,1-3H3. The van der Waals surface area contributed by atoms with Gasteiger partial charge < -0.3 is 14.2 Å². The highest BCUT2D eigenvalue weighted by atomic mass is 19.3. The fourth-order valence-corrected chi connectivity index (χ4v) is 2.28. The molecule has 2 aromatic rings. The largest absolute Gasteiger partial charge is 0.480 e. The summed E-state index contributed by atoms with van der Waals surface area (Å²) in [6.45, 7) is 1.17. The van der Waals surface area contributed by atoms with Gasteiger partial charge in [-0.25, -0.2) is 14.6 Å². The molecular weight excluding hydrogens is 324 g/mol. The molecule has 24 heavy (non-hydrogen) atoms. The molecule has 0 unspecified atom stereocenters. The minimum Gasteiger partial charge on any atom is -0.480 e. The van der Waals surface area contributed by atoms with Gasteiger partial charge in [-0.3, -0.25) is 0 Å². The topological polar surface area (TPSA) is 74.7 Å². The van der Waals surface area contributed by atoms with Crippen LogP contribution in [0.1, 0.15) is 22.8 Å². The lowest BCUT2D eigenvalue weighted by molar-refractivity contribution is -0.172. The Kier molecular flexibility index (Phi) is 4.96. The summed E-state index contributed by atoms with van der Waals surface area (Å²) in [5, 5.41) is -0.0725. The summed E-state index contributed by atoms with van der Waals surface area (Å²) in [5.41, 5.74) is -1.33. The van der Waals surface area contributed by atoms with Crippen LogP contribution in [0.2, 0.25) is 0 Å². The number of methoxy groups -OCH3 is 2. The summed E-state index contributed by atoms with van der Waals surface area (Å²) >= 11 is 0. The van der Waals surface area contributed by atoms with E-state index < -0.39 is 29.0 Å². The zero-order chi connectivity index (χ0) is 17.9. The van der Waals surface area contributed by atoms with Crippen LogP contribution in [0.5, 0.6) is 5.88 Å². The minimum absolute atomic E-state index is 0.0725. The predicted molar refractivity (Wildman–Crippen MR) is 80.2 cm³/mol. The third-order valence-electron chi connectivity index (χ3n) is 3.29. The average Bonchev–Trinajstić information content (AvgIpc) is 2.59. The molecule has 128 valence electrons. The van der Waals surface area contributed by atoms with Crippen molar-refractivity contribution in [2.24, 2.45) is 0 Å². The number of para-hydroxylation sites is 1. The average molecular weight is 339 g/mol. The molecule has 0 aliphatic rings. The van der Waals surface area contributed by atoms with E-state index in [-0.39, 0.29) is 23.4 Å². The molecule has 0 radical (unpaired) electrons. The number of rotatable bonds is 5. The smallest absolute Gasteiger partial charge is 0.382 e. The maximum atomic E-state index is 14.8. The van der Waals surface area contributed by atoms with Crippen molar-refractivity contribution in [1.29, 1.82) is 0 Å². The number of esters is 2. The Morgan fingerprint density at radius 1 is 1.21 bits per heavy atom. The number of ether oxygens (including phenoxy) is 3. The molecule has 0 spiro atoms. The molecule has 2 rings (SSSR count). The Labute approximate surface area is 136 Å².